The number of morpholine rings is 1. The van der Waals surface area contributed by atoms with E-state index in [1.165, 1.54) is 22.2 Å². The van der Waals surface area contributed by atoms with Gasteiger partial charge in [0.25, 0.3) is 0 Å². The van der Waals surface area contributed by atoms with Crippen molar-refractivity contribution in [1.29, 1.82) is 0 Å². The molecule has 1 saturated heterocycles. The summed E-state index contributed by atoms with van der Waals surface area (Å²) in [6.07, 6.45) is 0. The summed E-state index contributed by atoms with van der Waals surface area (Å²) in [7, 11) is 1.65. The number of nitrogens with one attached hydrogen (secondary N) is 2. The van der Waals surface area contributed by atoms with Gasteiger partial charge in [0.1, 0.15) is 24.9 Å². The van der Waals surface area contributed by atoms with Crippen LogP contribution in [0.5, 0.6) is 5.75 Å². The first-order valence-corrected chi connectivity index (χ1v) is 10.7. The van der Waals surface area contributed by atoms with E-state index in [2.05, 4.69) is 36.5 Å². The van der Waals surface area contributed by atoms with Crippen LogP contribution in [0.25, 0.3) is 0 Å². The second-order valence-corrected chi connectivity index (χ2v) is 8.03. The third-order valence-electron chi connectivity index (χ3n) is 5.05. The quantitative estimate of drug-likeness (QED) is 0.664. The van der Waals surface area contributed by atoms with Crippen LogP contribution in [0.15, 0.2) is 59.5 Å². The smallest absolute Gasteiger partial charge is 0.230 e. The average Bonchev–Trinajstić information content (AvgIpc) is 2.74. The fraction of sp³-hybridized carbons (Fsp3) is 0.409. The zero-order valence-electron chi connectivity index (χ0n) is 16.5. The maximum Gasteiger partial charge on any atom is 0.230 e. The number of rotatable bonds is 8. The van der Waals surface area contributed by atoms with Gasteiger partial charge < -0.3 is 19.7 Å². The van der Waals surface area contributed by atoms with E-state index in [0.29, 0.717) is 5.75 Å². The van der Waals surface area contributed by atoms with Crippen molar-refractivity contribution in [2.24, 2.45) is 0 Å². The van der Waals surface area contributed by atoms with E-state index in [1.54, 1.807) is 7.11 Å². The molecule has 2 aromatic carbocycles. The standard InChI is InChI=1S/C22H28N2O3S/c1-17(23-21(25)16-28-20-10-8-19(26-2)9-11-20)22(18-6-4-3-5-7-18)24-12-14-27-15-13-24/h3-11,17,22H,12-16H2,1-2H3,(H,23,25)/p+1/t17-,22+/m0/s1. The van der Waals surface area contributed by atoms with Gasteiger partial charge in [-0.05, 0) is 31.2 Å². The molecule has 3 rings (SSSR count). The Labute approximate surface area is 171 Å². The normalized spacial score (nSPS) is 16.9. The highest BCUT2D eigenvalue weighted by Gasteiger charge is 2.32. The third kappa shape index (κ3) is 5.74. The Hall–Kier alpha value is -2.02. The molecular weight excluding hydrogens is 372 g/mol. The Morgan fingerprint density at radius 1 is 1.14 bits per heavy atom. The number of carbonyl (C=O) groups is 1. The molecule has 1 amide bonds. The van der Waals surface area contributed by atoms with Gasteiger partial charge in [0.05, 0.1) is 32.1 Å². The molecule has 1 heterocycles. The van der Waals surface area contributed by atoms with Gasteiger partial charge in [-0.25, -0.2) is 0 Å². The van der Waals surface area contributed by atoms with Gasteiger partial charge in [-0.3, -0.25) is 4.79 Å². The first-order valence-electron chi connectivity index (χ1n) is 9.71. The first kappa shape index (κ1) is 20.7. The summed E-state index contributed by atoms with van der Waals surface area (Å²) in [5.74, 6) is 1.28. The van der Waals surface area contributed by atoms with Crippen LogP contribution >= 0.6 is 11.8 Å². The second-order valence-electron chi connectivity index (χ2n) is 6.98. The molecule has 2 aromatic rings. The van der Waals surface area contributed by atoms with Gasteiger partial charge in [0.15, 0.2) is 0 Å². The number of hydrogen-bond acceptors (Lipinski definition) is 4. The van der Waals surface area contributed by atoms with E-state index >= 15 is 0 Å². The number of quaternary nitrogens is 1. The fourth-order valence-corrected chi connectivity index (χ4v) is 4.39. The molecule has 1 fully saturated rings. The molecule has 1 aliphatic heterocycles. The molecule has 5 nitrogen and oxygen atoms in total. The molecule has 0 aliphatic carbocycles. The lowest BCUT2D eigenvalue weighted by molar-refractivity contribution is -0.940. The maximum absolute atomic E-state index is 12.6. The molecule has 2 atom stereocenters. The van der Waals surface area contributed by atoms with E-state index in [4.69, 9.17) is 9.47 Å². The molecule has 0 radical (unpaired) electrons. The number of hydrogen-bond donors (Lipinski definition) is 2. The van der Waals surface area contributed by atoms with Crippen molar-refractivity contribution in [3.05, 3.63) is 60.2 Å². The molecule has 1 aliphatic rings. The Morgan fingerprint density at radius 3 is 2.46 bits per heavy atom. The lowest BCUT2D eigenvalue weighted by Gasteiger charge is -2.35. The van der Waals surface area contributed by atoms with Crippen LogP contribution in [0.2, 0.25) is 0 Å². The second kappa shape index (κ2) is 10.5. The van der Waals surface area contributed by atoms with Gasteiger partial charge in [0.2, 0.25) is 5.91 Å². The molecule has 28 heavy (non-hydrogen) atoms. The van der Waals surface area contributed by atoms with E-state index in [-0.39, 0.29) is 18.0 Å². The SMILES string of the molecule is COc1ccc(SCC(=O)N[C@@H](C)[C@H](c2ccccc2)[NH+]2CCOCC2)cc1. The molecule has 0 unspecified atom stereocenters. The monoisotopic (exact) mass is 401 g/mol. The largest absolute Gasteiger partial charge is 0.497 e. The van der Waals surface area contributed by atoms with Crippen LogP contribution in [0, 0.1) is 0 Å². The highest BCUT2D eigenvalue weighted by atomic mass is 32.2. The van der Waals surface area contributed by atoms with E-state index in [0.717, 1.165) is 36.9 Å². The van der Waals surface area contributed by atoms with Crippen molar-refractivity contribution in [1.82, 2.24) is 5.32 Å². The van der Waals surface area contributed by atoms with Crippen LogP contribution in [-0.4, -0.2) is 51.1 Å². The van der Waals surface area contributed by atoms with Crippen LogP contribution in [0.3, 0.4) is 0 Å². The summed E-state index contributed by atoms with van der Waals surface area (Å²) in [6.45, 7) is 5.57. The van der Waals surface area contributed by atoms with Gasteiger partial charge in [-0.1, -0.05) is 30.3 Å². The van der Waals surface area contributed by atoms with Gasteiger partial charge >= 0.3 is 0 Å². The average molecular weight is 402 g/mol. The maximum atomic E-state index is 12.6. The topological polar surface area (TPSA) is 52.0 Å². The highest BCUT2D eigenvalue weighted by Crippen LogP contribution is 2.21. The van der Waals surface area contributed by atoms with Gasteiger partial charge in [-0.15, -0.1) is 11.8 Å². The molecule has 0 aromatic heterocycles. The molecule has 2 N–H and O–H groups in total. The molecule has 0 saturated carbocycles. The Bertz CT molecular complexity index is 733. The first-order chi connectivity index (χ1) is 13.7. The van der Waals surface area contributed by atoms with Crippen molar-refractivity contribution in [3.63, 3.8) is 0 Å². The summed E-state index contributed by atoms with van der Waals surface area (Å²) in [5, 5.41) is 3.22. The van der Waals surface area contributed by atoms with Crippen molar-refractivity contribution >= 4 is 17.7 Å². The molecule has 150 valence electrons. The van der Waals surface area contributed by atoms with Crippen LogP contribution in [0.1, 0.15) is 18.5 Å². The Kier molecular flexibility index (Phi) is 7.77. The molecular formula is C22H29N2O3S+. The van der Waals surface area contributed by atoms with Crippen molar-refractivity contribution in [3.8, 4) is 5.75 Å². The van der Waals surface area contributed by atoms with Crippen molar-refractivity contribution in [2.75, 3.05) is 39.2 Å². The minimum Gasteiger partial charge on any atom is -0.497 e. The predicted molar refractivity (Wildman–Crippen MR) is 112 cm³/mol. The molecule has 0 bridgehead atoms. The van der Waals surface area contributed by atoms with Crippen LogP contribution in [-0.2, 0) is 9.53 Å². The number of amides is 1. The van der Waals surface area contributed by atoms with Crippen molar-refractivity contribution < 1.29 is 19.2 Å². The summed E-state index contributed by atoms with van der Waals surface area (Å²) < 4.78 is 10.7. The van der Waals surface area contributed by atoms with Crippen LogP contribution < -0.4 is 15.0 Å². The van der Waals surface area contributed by atoms with Crippen LogP contribution in [0.4, 0.5) is 0 Å². The summed E-state index contributed by atoms with van der Waals surface area (Å²) in [6, 6.07) is 18.5. The minimum absolute atomic E-state index is 0.0412. The number of ether oxygens (including phenoxy) is 2. The zero-order valence-corrected chi connectivity index (χ0v) is 17.3. The van der Waals surface area contributed by atoms with E-state index in [9.17, 15) is 4.79 Å². The van der Waals surface area contributed by atoms with E-state index in [1.807, 2.05) is 30.3 Å². The Morgan fingerprint density at radius 2 is 1.82 bits per heavy atom. The number of thioether (sulfide) groups is 1. The number of benzene rings is 2. The summed E-state index contributed by atoms with van der Waals surface area (Å²) in [4.78, 5) is 15.1. The summed E-state index contributed by atoms with van der Waals surface area (Å²) >= 11 is 1.54. The zero-order chi connectivity index (χ0) is 19.8. The third-order valence-corrected chi connectivity index (χ3v) is 6.06. The lowest BCUT2D eigenvalue weighted by Crippen LogP contribution is -3.15. The van der Waals surface area contributed by atoms with E-state index < -0.39 is 0 Å². The minimum atomic E-state index is 0.0412. The molecule has 0 spiro atoms. The number of carbonyl (C=O) groups excluding carboxylic acids is 1. The number of methoxy groups -OCH3 is 1. The molecule has 6 heteroatoms. The predicted octanol–water partition coefficient (Wildman–Crippen LogP) is 1.95. The fourth-order valence-electron chi connectivity index (χ4n) is 3.68. The van der Waals surface area contributed by atoms with Crippen molar-refractivity contribution in [2.45, 2.75) is 23.9 Å². The lowest BCUT2D eigenvalue weighted by atomic mass is 9.98. The summed E-state index contributed by atoms with van der Waals surface area (Å²) in [5.41, 5.74) is 1.26. The highest BCUT2D eigenvalue weighted by molar-refractivity contribution is 8.00. The Balaban J connectivity index is 1.60. The van der Waals surface area contributed by atoms with Gasteiger partial charge in [0, 0.05) is 10.5 Å². The van der Waals surface area contributed by atoms with Gasteiger partial charge in [-0.2, -0.15) is 0 Å².